The minimum atomic E-state index is -0.463. The quantitative estimate of drug-likeness (QED) is 0.133. The van der Waals surface area contributed by atoms with E-state index < -0.39 is 11.9 Å². The summed E-state index contributed by atoms with van der Waals surface area (Å²) in [6.45, 7) is -0.208. The van der Waals surface area contributed by atoms with Gasteiger partial charge in [0.25, 0.3) is 5.91 Å². The lowest BCUT2D eigenvalue weighted by molar-refractivity contribution is -0.123. The van der Waals surface area contributed by atoms with Gasteiger partial charge in [0.05, 0.1) is 20.7 Å². The van der Waals surface area contributed by atoms with Crippen LogP contribution in [0.25, 0.3) is 0 Å². The smallest absolute Gasteiger partial charge is 0.344 e. The van der Waals surface area contributed by atoms with Crippen LogP contribution in [-0.2, 0) is 4.79 Å². The van der Waals surface area contributed by atoms with Crippen molar-refractivity contribution in [3.63, 3.8) is 0 Å². The molecule has 0 unspecified atom stereocenters. The molecule has 0 aromatic heterocycles. The average molecular weight is 690 g/mol. The zero-order chi connectivity index (χ0) is 23.1. The summed E-state index contributed by atoms with van der Waals surface area (Å²) in [6, 6.07) is 17.4. The minimum absolute atomic E-state index is 0.208. The van der Waals surface area contributed by atoms with Gasteiger partial charge in [0, 0.05) is 8.95 Å². The molecule has 0 saturated heterocycles. The Kier molecular flexibility index (Phi) is 9.03. The van der Waals surface area contributed by atoms with Crippen molar-refractivity contribution in [3.8, 4) is 11.5 Å². The van der Waals surface area contributed by atoms with E-state index in [1.807, 2.05) is 18.2 Å². The Labute approximate surface area is 217 Å². The van der Waals surface area contributed by atoms with Crippen molar-refractivity contribution in [1.29, 1.82) is 0 Å². The molecule has 3 aromatic rings. The highest BCUT2D eigenvalue weighted by Gasteiger charge is 2.12. The van der Waals surface area contributed by atoms with Gasteiger partial charge in [0.1, 0.15) is 11.5 Å². The number of nitrogens with one attached hydrogen (secondary N) is 1. The lowest BCUT2D eigenvalue weighted by Gasteiger charge is -2.09. The molecular weight excluding hydrogens is 676 g/mol. The number of carbonyl (C=O) groups is 2. The van der Waals surface area contributed by atoms with Gasteiger partial charge in [0.2, 0.25) is 0 Å². The second kappa shape index (κ2) is 11.7. The largest absolute Gasteiger partial charge is 0.481 e. The molecule has 3 rings (SSSR count). The molecule has 0 aliphatic rings. The number of hydrogen-bond acceptors (Lipinski definition) is 5. The topological polar surface area (TPSA) is 77.0 Å². The molecule has 0 radical (unpaired) electrons. The lowest BCUT2D eigenvalue weighted by atomic mass is 10.2. The number of rotatable bonds is 7. The number of hydrazone groups is 1. The van der Waals surface area contributed by atoms with Crippen molar-refractivity contribution in [2.24, 2.45) is 5.10 Å². The van der Waals surface area contributed by atoms with Crippen molar-refractivity contribution in [2.75, 3.05) is 6.61 Å². The normalized spacial score (nSPS) is 10.8. The first-order valence-corrected chi connectivity index (χ1v) is 12.2. The maximum Gasteiger partial charge on any atom is 0.344 e. The first-order chi connectivity index (χ1) is 15.3. The molecule has 1 N–H and O–H groups in total. The first kappa shape index (κ1) is 24.6. The summed E-state index contributed by atoms with van der Waals surface area (Å²) in [4.78, 5) is 24.2. The van der Waals surface area contributed by atoms with Gasteiger partial charge in [-0.05, 0) is 102 Å². The van der Waals surface area contributed by atoms with Crippen LogP contribution in [0, 0.1) is 0 Å². The van der Waals surface area contributed by atoms with Crippen LogP contribution < -0.4 is 14.9 Å². The lowest BCUT2D eigenvalue weighted by Crippen LogP contribution is -2.24. The van der Waals surface area contributed by atoms with Crippen LogP contribution >= 0.6 is 63.7 Å². The van der Waals surface area contributed by atoms with Crippen molar-refractivity contribution < 1.29 is 19.1 Å². The Hall–Kier alpha value is -2.01. The zero-order valence-electron chi connectivity index (χ0n) is 16.2. The highest BCUT2D eigenvalue weighted by Crippen LogP contribution is 2.36. The minimum Gasteiger partial charge on any atom is -0.481 e. The summed E-state index contributed by atoms with van der Waals surface area (Å²) < 4.78 is 13.8. The van der Waals surface area contributed by atoms with Gasteiger partial charge in [0.15, 0.2) is 6.61 Å². The molecule has 0 fully saturated rings. The van der Waals surface area contributed by atoms with Crippen molar-refractivity contribution in [2.45, 2.75) is 0 Å². The van der Waals surface area contributed by atoms with Crippen LogP contribution in [0.3, 0.4) is 0 Å². The van der Waals surface area contributed by atoms with E-state index in [2.05, 4.69) is 74.2 Å². The van der Waals surface area contributed by atoms with E-state index in [1.165, 1.54) is 6.21 Å². The molecule has 0 heterocycles. The Bertz CT molecular complexity index is 1140. The monoisotopic (exact) mass is 686 g/mol. The van der Waals surface area contributed by atoms with E-state index in [9.17, 15) is 9.59 Å². The van der Waals surface area contributed by atoms with Crippen LogP contribution in [0.5, 0.6) is 11.5 Å². The Morgan fingerprint density at radius 3 is 2.22 bits per heavy atom. The molecule has 0 aliphatic carbocycles. The number of nitrogens with zero attached hydrogens (tertiary/aromatic N) is 1. The molecule has 10 heteroatoms. The number of benzene rings is 3. The summed E-state index contributed by atoms with van der Waals surface area (Å²) in [5.74, 6) is 0.0307. The van der Waals surface area contributed by atoms with Gasteiger partial charge in [-0.1, -0.05) is 28.1 Å². The summed E-state index contributed by atoms with van der Waals surface area (Å²) in [6.07, 6.45) is 1.47. The highest BCUT2D eigenvalue weighted by atomic mass is 79.9. The van der Waals surface area contributed by atoms with Gasteiger partial charge in [-0.25, -0.2) is 10.2 Å². The zero-order valence-corrected chi connectivity index (χ0v) is 22.5. The second-order valence-corrected chi connectivity index (χ2v) is 9.70. The van der Waals surface area contributed by atoms with Crippen LogP contribution in [0.2, 0.25) is 0 Å². The van der Waals surface area contributed by atoms with E-state index in [4.69, 9.17) is 9.47 Å². The van der Waals surface area contributed by atoms with Crippen LogP contribution in [0.4, 0.5) is 0 Å². The number of hydrogen-bond donors (Lipinski definition) is 1. The fourth-order valence-electron chi connectivity index (χ4n) is 2.43. The van der Waals surface area contributed by atoms with E-state index >= 15 is 0 Å². The Morgan fingerprint density at radius 2 is 1.56 bits per heavy atom. The van der Waals surface area contributed by atoms with Crippen LogP contribution in [0.15, 0.2) is 83.7 Å². The first-order valence-electron chi connectivity index (χ1n) is 8.99. The fourth-order valence-corrected chi connectivity index (χ4v) is 5.36. The van der Waals surface area contributed by atoms with E-state index in [0.29, 0.717) is 36.0 Å². The fraction of sp³-hybridized carbons (Fsp3) is 0.0455. The third-order valence-electron chi connectivity index (χ3n) is 3.90. The number of ether oxygens (including phenoxy) is 2. The van der Waals surface area contributed by atoms with Gasteiger partial charge < -0.3 is 9.47 Å². The second-order valence-electron chi connectivity index (χ2n) is 6.22. The van der Waals surface area contributed by atoms with Gasteiger partial charge in [-0.3, -0.25) is 4.79 Å². The molecule has 0 atom stereocenters. The molecule has 164 valence electrons. The average Bonchev–Trinajstić information content (AvgIpc) is 2.74. The molecule has 0 spiro atoms. The van der Waals surface area contributed by atoms with Gasteiger partial charge in [-0.2, -0.15) is 5.10 Å². The Balaban J connectivity index is 1.50. The molecule has 0 bridgehead atoms. The molecule has 3 aromatic carbocycles. The molecule has 32 heavy (non-hydrogen) atoms. The molecule has 1 amide bonds. The standard InChI is InChI=1S/C22H14Br4N2O4/c23-14-9-18(25)21(19(26)10-14)31-12-20(29)28-27-11-13-5-7-15(8-6-13)32-22(30)16-3-1-2-4-17(16)24/h1-11H,12H2,(H,28,29)/b27-11-. The number of halogens is 4. The number of carbonyl (C=O) groups excluding carboxylic acids is 2. The van der Waals surface area contributed by atoms with E-state index in [-0.39, 0.29) is 6.61 Å². The summed E-state index contributed by atoms with van der Waals surface area (Å²) in [5, 5.41) is 3.91. The number of esters is 1. The van der Waals surface area contributed by atoms with Crippen molar-refractivity contribution >= 4 is 81.8 Å². The molecule has 6 nitrogen and oxygen atoms in total. The molecular formula is C22H14Br4N2O4. The summed E-state index contributed by atoms with van der Waals surface area (Å²) in [5.41, 5.74) is 3.55. The Morgan fingerprint density at radius 1 is 0.906 bits per heavy atom. The van der Waals surface area contributed by atoms with Gasteiger partial charge in [-0.15, -0.1) is 0 Å². The van der Waals surface area contributed by atoms with Crippen LogP contribution in [0.1, 0.15) is 15.9 Å². The van der Waals surface area contributed by atoms with E-state index in [1.54, 1.807) is 42.5 Å². The predicted molar refractivity (Wildman–Crippen MR) is 136 cm³/mol. The van der Waals surface area contributed by atoms with Crippen molar-refractivity contribution in [3.05, 3.63) is 89.7 Å². The molecule has 0 aliphatic heterocycles. The third-order valence-corrected chi connectivity index (χ3v) is 6.23. The van der Waals surface area contributed by atoms with Crippen molar-refractivity contribution in [1.82, 2.24) is 5.43 Å². The SMILES string of the molecule is O=C(COc1c(Br)cc(Br)cc1Br)N/N=C\c1ccc(OC(=O)c2ccccc2Br)cc1. The maximum atomic E-state index is 12.2. The van der Waals surface area contributed by atoms with Gasteiger partial charge >= 0.3 is 5.97 Å². The third kappa shape index (κ3) is 6.99. The number of amides is 1. The summed E-state index contributed by atoms with van der Waals surface area (Å²) >= 11 is 13.5. The maximum absolute atomic E-state index is 12.2. The highest BCUT2D eigenvalue weighted by molar-refractivity contribution is 9.11. The van der Waals surface area contributed by atoms with E-state index in [0.717, 1.165) is 4.47 Å². The van der Waals surface area contributed by atoms with Crippen LogP contribution in [-0.4, -0.2) is 24.7 Å². The summed E-state index contributed by atoms with van der Waals surface area (Å²) in [7, 11) is 0. The molecule has 0 saturated carbocycles. The predicted octanol–water partition coefficient (Wildman–Crippen LogP) is 6.48.